The van der Waals surface area contributed by atoms with Crippen molar-refractivity contribution in [3.63, 3.8) is 0 Å². The Kier molecular flexibility index (Phi) is 7.21. The van der Waals surface area contributed by atoms with Gasteiger partial charge in [0.05, 0.1) is 0 Å². The van der Waals surface area contributed by atoms with Crippen LogP contribution in [0.2, 0.25) is 0 Å². The van der Waals surface area contributed by atoms with Gasteiger partial charge in [0.25, 0.3) is 0 Å². The standard InChI is InChI=1S/C22H23NO4.C2H6/c1-14-7-5-6-8-16(14)18-12-20(24)26-19-11-15(9-10-17(18)19)23-13-21(25)27-22(2,3)4;1-2/h5-12,23H,13H2,1-4H3;1-2H3. The van der Waals surface area contributed by atoms with Gasteiger partial charge < -0.3 is 14.5 Å². The molecule has 0 unspecified atom stereocenters. The lowest BCUT2D eigenvalue weighted by Gasteiger charge is -2.19. The van der Waals surface area contributed by atoms with Gasteiger partial charge in [0.1, 0.15) is 17.7 Å². The van der Waals surface area contributed by atoms with Gasteiger partial charge in [0.2, 0.25) is 0 Å². The van der Waals surface area contributed by atoms with Crippen molar-refractivity contribution in [3.05, 3.63) is 64.5 Å². The zero-order valence-corrected chi connectivity index (χ0v) is 18.0. The Morgan fingerprint density at radius 1 is 1.03 bits per heavy atom. The number of esters is 1. The number of hydrogen-bond acceptors (Lipinski definition) is 5. The molecule has 3 aromatic rings. The van der Waals surface area contributed by atoms with E-state index in [9.17, 15) is 9.59 Å². The van der Waals surface area contributed by atoms with Crippen LogP contribution in [0.1, 0.15) is 40.2 Å². The van der Waals surface area contributed by atoms with E-state index in [0.29, 0.717) is 11.3 Å². The first-order valence-electron chi connectivity index (χ1n) is 9.82. The Bertz CT molecular complexity index is 1040. The van der Waals surface area contributed by atoms with Crippen molar-refractivity contribution in [2.45, 2.75) is 47.1 Å². The Labute approximate surface area is 171 Å². The van der Waals surface area contributed by atoms with Crippen LogP contribution in [-0.4, -0.2) is 18.1 Å². The predicted molar refractivity (Wildman–Crippen MR) is 118 cm³/mol. The number of hydrogen-bond donors (Lipinski definition) is 1. The second-order valence-electron chi connectivity index (χ2n) is 7.44. The molecule has 0 fully saturated rings. The summed E-state index contributed by atoms with van der Waals surface area (Å²) in [5, 5.41) is 3.85. The van der Waals surface area contributed by atoms with E-state index in [-0.39, 0.29) is 12.5 Å². The molecule has 0 aliphatic carbocycles. The summed E-state index contributed by atoms with van der Waals surface area (Å²) in [6.45, 7) is 11.5. The molecule has 0 saturated carbocycles. The van der Waals surface area contributed by atoms with Gasteiger partial charge in [0, 0.05) is 28.8 Å². The maximum atomic E-state index is 12.1. The highest BCUT2D eigenvalue weighted by molar-refractivity contribution is 5.95. The minimum Gasteiger partial charge on any atom is -0.459 e. The molecule has 0 saturated heterocycles. The molecule has 0 aliphatic heterocycles. The highest BCUT2D eigenvalue weighted by atomic mass is 16.6. The molecule has 5 heteroatoms. The van der Waals surface area contributed by atoms with Crippen molar-refractivity contribution in [1.29, 1.82) is 0 Å². The first-order valence-corrected chi connectivity index (χ1v) is 9.82. The predicted octanol–water partition coefficient (Wildman–Crippen LogP) is 5.55. The summed E-state index contributed by atoms with van der Waals surface area (Å²) in [7, 11) is 0. The van der Waals surface area contributed by atoms with Crippen LogP contribution in [0.4, 0.5) is 5.69 Å². The lowest BCUT2D eigenvalue weighted by atomic mass is 9.98. The van der Waals surface area contributed by atoms with E-state index in [4.69, 9.17) is 9.15 Å². The zero-order chi connectivity index (χ0) is 21.6. The van der Waals surface area contributed by atoms with Crippen molar-refractivity contribution in [2.24, 2.45) is 0 Å². The van der Waals surface area contributed by atoms with Gasteiger partial charge in [-0.3, -0.25) is 4.79 Å². The molecule has 3 rings (SSSR count). The molecule has 0 radical (unpaired) electrons. The fourth-order valence-corrected chi connectivity index (χ4v) is 2.92. The molecule has 0 spiro atoms. The van der Waals surface area contributed by atoms with Gasteiger partial charge >= 0.3 is 11.6 Å². The minimum atomic E-state index is -0.530. The van der Waals surface area contributed by atoms with E-state index in [1.165, 1.54) is 6.07 Å². The molecule has 0 amide bonds. The summed E-state index contributed by atoms with van der Waals surface area (Å²) in [4.78, 5) is 23.9. The van der Waals surface area contributed by atoms with E-state index >= 15 is 0 Å². The molecule has 154 valence electrons. The number of ether oxygens (including phenoxy) is 1. The summed E-state index contributed by atoms with van der Waals surface area (Å²) >= 11 is 0. The van der Waals surface area contributed by atoms with Crippen LogP contribution < -0.4 is 10.9 Å². The third-order valence-electron chi connectivity index (χ3n) is 4.04. The molecule has 1 aromatic heterocycles. The van der Waals surface area contributed by atoms with Gasteiger partial charge in [-0.2, -0.15) is 0 Å². The Hall–Kier alpha value is -3.08. The molecular weight excluding hydrogens is 366 g/mol. The van der Waals surface area contributed by atoms with Crippen molar-refractivity contribution in [2.75, 3.05) is 11.9 Å². The van der Waals surface area contributed by atoms with E-state index in [1.807, 2.05) is 77.9 Å². The maximum Gasteiger partial charge on any atom is 0.336 e. The van der Waals surface area contributed by atoms with Crippen LogP contribution in [0, 0.1) is 6.92 Å². The van der Waals surface area contributed by atoms with Crippen molar-refractivity contribution in [1.82, 2.24) is 0 Å². The number of carbonyl (C=O) groups excluding carboxylic acids is 1. The Morgan fingerprint density at radius 2 is 1.72 bits per heavy atom. The van der Waals surface area contributed by atoms with Crippen molar-refractivity contribution < 1.29 is 13.9 Å². The fourth-order valence-electron chi connectivity index (χ4n) is 2.92. The normalized spacial score (nSPS) is 10.8. The third-order valence-corrected chi connectivity index (χ3v) is 4.04. The van der Waals surface area contributed by atoms with E-state index < -0.39 is 11.2 Å². The monoisotopic (exact) mass is 395 g/mol. The second-order valence-corrected chi connectivity index (χ2v) is 7.44. The minimum absolute atomic E-state index is 0.0322. The van der Waals surface area contributed by atoms with Gasteiger partial charge in [0.15, 0.2) is 0 Å². The van der Waals surface area contributed by atoms with E-state index in [2.05, 4.69) is 5.32 Å². The number of benzene rings is 2. The molecule has 0 aliphatic rings. The van der Waals surface area contributed by atoms with Crippen LogP contribution >= 0.6 is 0 Å². The van der Waals surface area contributed by atoms with Gasteiger partial charge in [-0.25, -0.2) is 4.79 Å². The largest absolute Gasteiger partial charge is 0.459 e. The number of nitrogens with one attached hydrogen (secondary N) is 1. The average molecular weight is 395 g/mol. The molecule has 0 atom stereocenters. The zero-order valence-electron chi connectivity index (χ0n) is 18.0. The van der Waals surface area contributed by atoms with E-state index in [0.717, 1.165) is 22.1 Å². The van der Waals surface area contributed by atoms with Crippen LogP contribution in [0.5, 0.6) is 0 Å². The maximum absolute atomic E-state index is 12.1. The topological polar surface area (TPSA) is 68.5 Å². The molecule has 5 nitrogen and oxygen atoms in total. The Morgan fingerprint density at radius 3 is 2.38 bits per heavy atom. The lowest BCUT2D eigenvalue weighted by Crippen LogP contribution is -2.28. The number of carbonyl (C=O) groups is 1. The quantitative estimate of drug-likeness (QED) is 0.463. The molecule has 2 aromatic carbocycles. The van der Waals surface area contributed by atoms with Gasteiger partial charge in [-0.15, -0.1) is 0 Å². The number of aryl methyl sites for hydroxylation is 1. The van der Waals surface area contributed by atoms with Crippen molar-refractivity contribution in [3.8, 4) is 11.1 Å². The third kappa shape index (κ3) is 5.95. The van der Waals surface area contributed by atoms with Crippen molar-refractivity contribution >= 4 is 22.6 Å². The summed E-state index contributed by atoms with van der Waals surface area (Å²) in [5.74, 6) is -0.349. The molecule has 1 N–H and O–H groups in total. The number of fused-ring (bicyclic) bond motifs is 1. The van der Waals surface area contributed by atoms with Crippen LogP contribution in [0.25, 0.3) is 22.1 Å². The smallest absolute Gasteiger partial charge is 0.336 e. The fraction of sp³-hybridized carbons (Fsp3) is 0.333. The van der Waals surface area contributed by atoms with Gasteiger partial charge in [-0.1, -0.05) is 38.1 Å². The number of rotatable bonds is 4. The SMILES string of the molecule is CC.Cc1ccccc1-c1cc(=O)oc2cc(NCC(=O)OC(C)(C)C)ccc12. The van der Waals surface area contributed by atoms with Gasteiger partial charge in [-0.05, 0) is 51.0 Å². The Balaban J connectivity index is 0.00000145. The first kappa shape index (κ1) is 22.2. The van der Waals surface area contributed by atoms with E-state index in [1.54, 1.807) is 6.07 Å². The second kappa shape index (κ2) is 9.41. The highest BCUT2D eigenvalue weighted by Gasteiger charge is 2.16. The number of anilines is 1. The average Bonchev–Trinajstić information content (AvgIpc) is 2.66. The molecular formula is C24H29NO4. The van der Waals surface area contributed by atoms with Crippen LogP contribution in [0.15, 0.2) is 57.7 Å². The summed E-state index contributed by atoms with van der Waals surface area (Å²) < 4.78 is 10.7. The highest BCUT2D eigenvalue weighted by Crippen LogP contribution is 2.30. The van der Waals surface area contributed by atoms with Crippen LogP contribution in [0.3, 0.4) is 0 Å². The summed E-state index contributed by atoms with van der Waals surface area (Å²) in [6, 6.07) is 14.9. The summed E-state index contributed by atoms with van der Waals surface area (Å²) in [5.41, 5.74) is 3.11. The first-order chi connectivity index (χ1) is 13.7. The molecule has 1 heterocycles. The van der Waals surface area contributed by atoms with Crippen LogP contribution in [-0.2, 0) is 9.53 Å². The lowest BCUT2D eigenvalue weighted by molar-refractivity contribution is -0.152. The molecule has 0 bridgehead atoms. The molecule has 29 heavy (non-hydrogen) atoms. The summed E-state index contributed by atoms with van der Waals surface area (Å²) in [6.07, 6.45) is 0.